The molecule has 0 unspecified atom stereocenters. The van der Waals surface area contributed by atoms with E-state index in [0.717, 1.165) is 0 Å². The Morgan fingerprint density at radius 2 is 1.06 bits per heavy atom. The zero-order valence-electron chi connectivity index (χ0n) is 21.5. The molecule has 182 valence electrons. The van der Waals surface area contributed by atoms with Crippen LogP contribution in [-0.2, 0) is 14.2 Å². The van der Waals surface area contributed by atoms with Gasteiger partial charge in [-0.05, 0) is 67.9 Å². The standard InChI is InChI=1S/C23H32N2O8.Li/c1-21(2,3)31-18(28)24-16(14-10-12-15(13-11-14)17(26)27)25(19(29)32-22(4,5)6)20(30)33-23(7,8)9;/h10-13H,1-9H3,(H,26,27);/q;+1/p-1. The van der Waals surface area contributed by atoms with Crippen molar-refractivity contribution in [2.24, 2.45) is 4.99 Å². The van der Waals surface area contributed by atoms with Crippen molar-refractivity contribution in [2.45, 2.75) is 79.1 Å². The van der Waals surface area contributed by atoms with Crippen LogP contribution in [0.1, 0.15) is 78.2 Å². The third-order valence-corrected chi connectivity index (χ3v) is 3.33. The minimum atomic E-state index is -1.43. The van der Waals surface area contributed by atoms with Gasteiger partial charge in [-0.15, -0.1) is 0 Å². The molecule has 3 amide bonds. The summed E-state index contributed by atoms with van der Waals surface area (Å²) in [4.78, 5) is 53.9. The number of carbonyl (C=O) groups is 4. The van der Waals surface area contributed by atoms with Gasteiger partial charge < -0.3 is 24.1 Å². The van der Waals surface area contributed by atoms with Gasteiger partial charge in [-0.25, -0.2) is 14.4 Å². The van der Waals surface area contributed by atoms with Crippen LogP contribution < -0.4 is 24.0 Å². The molecule has 11 heteroatoms. The van der Waals surface area contributed by atoms with Gasteiger partial charge in [0.15, 0.2) is 5.84 Å². The largest absolute Gasteiger partial charge is 1.00 e. The van der Waals surface area contributed by atoms with Crippen molar-refractivity contribution < 1.29 is 57.4 Å². The van der Waals surface area contributed by atoms with Gasteiger partial charge in [0.2, 0.25) is 0 Å². The molecule has 0 aliphatic carbocycles. The fourth-order valence-electron chi connectivity index (χ4n) is 2.23. The fourth-order valence-corrected chi connectivity index (χ4v) is 2.23. The van der Waals surface area contributed by atoms with Gasteiger partial charge in [0.25, 0.3) is 0 Å². The Bertz CT molecular complexity index is 908. The van der Waals surface area contributed by atoms with Crippen LogP contribution in [0.2, 0.25) is 0 Å². The van der Waals surface area contributed by atoms with E-state index in [-0.39, 0.29) is 30.0 Å². The van der Waals surface area contributed by atoms with E-state index in [1.165, 1.54) is 24.3 Å². The molecule has 0 spiro atoms. The molecular weight excluding hydrogens is 439 g/mol. The Labute approximate surface area is 211 Å². The Balaban J connectivity index is 0.0000109. The van der Waals surface area contributed by atoms with E-state index in [4.69, 9.17) is 14.2 Å². The van der Waals surface area contributed by atoms with Crippen molar-refractivity contribution in [2.75, 3.05) is 0 Å². The number of hydrogen-bond acceptors (Lipinski definition) is 8. The topological polar surface area (TPSA) is 135 Å². The van der Waals surface area contributed by atoms with Crippen LogP contribution in [0.4, 0.5) is 14.4 Å². The van der Waals surface area contributed by atoms with E-state index >= 15 is 0 Å². The maximum atomic E-state index is 13.0. The molecule has 0 saturated carbocycles. The van der Waals surface area contributed by atoms with Crippen LogP contribution in [0, 0.1) is 0 Å². The molecule has 0 aliphatic rings. The molecule has 0 bridgehead atoms. The third-order valence-electron chi connectivity index (χ3n) is 3.33. The second-order valence-electron chi connectivity index (χ2n) is 10.1. The number of nitrogens with zero attached hydrogens (tertiary/aromatic N) is 2. The first-order valence-corrected chi connectivity index (χ1v) is 10.2. The predicted octanol–water partition coefficient (Wildman–Crippen LogP) is 0.908. The summed E-state index contributed by atoms with van der Waals surface area (Å²) in [6.07, 6.45) is -3.38. The maximum absolute atomic E-state index is 13.0. The number of carboxylic acid groups (broad SMARTS) is 1. The zero-order valence-corrected chi connectivity index (χ0v) is 21.5. The summed E-state index contributed by atoms with van der Waals surface area (Å²) in [6.45, 7) is 14.4. The summed E-state index contributed by atoms with van der Waals surface area (Å²) in [5.41, 5.74) is -2.99. The second kappa shape index (κ2) is 11.5. The van der Waals surface area contributed by atoms with Crippen LogP contribution in [0.15, 0.2) is 29.3 Å². The van der Waals surface area contributed by atoms with E-state index < -0.39 is 46.9 Å². The van der Waals surface area contributed by atoms with Crippen molar-refractivity contribution in [3.8, 4) is 0 Å². The van der Waals surface area contributed by atoms with Crippen LogP contribution in [-0.4, -0.2) is 51.8 Å². The predicted molar refractivity (Wildman–Crippen MR) is 118 cm³/mol. The van der Waals surface area contributed by atoms with Crippen molar-refractivity contribution in [1.29, 1.82) is 0 Å². The SMILES string of the molecule is CC(C)(C)OC(=O)N=C(c1ccc(C(=O)[O-])cc1)N(C(=O)OC(C)(C)C)C(=O)OC(C)(C)C.[Li+]. The molecule has 1 aromatic carbocycles. The number of hydrogen-bond donors (Lipinski definition) is 0. The number of carbonyl (C=O) groups excluding carboxylic acids is 4. The molecule has 1 rings (SSSR count). The number of rotatable bonds is 2. The number of benzene rings is 1. The van der Waals surface area contributed by atoms with Gasteiger partial charge in [-0.2, -0.15) is 9.89 Å². The first-order valence-electron chi connectivity index (χ1n) is 10.2. The monoisotopic (exact) mass is 470 g/mol. The molecule has 0 fully saturated rings. The van der Waals surface area contributed by atoms with Crippen LogP contribution in [0.25, 0.3) is 0 Å². The molecule has 0 aromatic heterocycles. The maximum Gasteiger partial charge on any atom is 1.00 e. The number of aliphatic imine (C=N–C) groups is 1. The van der Waals surface area contributed by atoms with Crippen molar-refractivity contribution in [3.05, 3.63) is 35.4 Å². The summed E-state index contributed by atoms with van der Waals surface area (Å²) in [7, 11) is 0. The quantitative estimate of drug-likeness (QED) is 0.269. The molecule has 1 aromatic rings. The molecule has 0 heterocycles. The first kappa shape index (κ1) is 31.2. The summed E-state index contributed by atoms with van der Waals surface area (Å²) in [5.74, 6) is -1.89. The van der Waals surface area contributed by atoms with E-state index in [9.17, 15) is 24.3 Å². The van der Waals surface area contributed by atoms with Gasteiger partial charge in [0, 0.05) is 5.56 Å². The van der Waals surface area contributed by atoms with Gasteiger partial charge in [0.05, 0.1) is 5.97 Å². The summed E-state index contributed by atoms with van der Waals surface area (Å²) < 4.78 is 15.9. The first-order chi connectivity index (χ1) is 14.8. The molecular formula is C23H31LiN2O8. The summed E-state index contributed by atoms with van der Waals surface area (Å²) >= 11 is 0. The molecule has 0 atom stereocenters. The van der Waals surface area contributed by atoms with Crippen molar-refractivity contribution >= 4 is 30.1 Å². The summed E-state index contributed by atoms with van der Waals surface area (Å²) in [6, 6.07) is 4.88. The molecule has 0 N–H and O–H groups in total. The van der Waals surface area contributed by atoms with E-state index in [0.29, 0.717) is 4.90 Å². The Morgan fingerprint density at radius 1 is 0.706 bits per heavy atom. The van der Waals surface area contributed by atoms with Crippen LogP contribution >= 0.6 is 0 Å². The molecule has 34 heavy (non-hydrogen) atoms. The van der Waals surface area contributed by atoms with Crippen molar-refractivity contribution in [3.63, 3.8) is 0 Å². The van der Waals surface area contributed by atoms with Crippen LogP contribution in [0.3, 0.4) is 0 Å². The Kier molecular flexibility index (Phi) is 10.6. The van der Waals surface area contributed by atoms with Gasteiger partial charge in [0.1, 0.15) is 16.8 Å². The van der Waals surface area contributed by atoms with Gasteiger partial charge in [-0.3, -0.25) is 0 Å². The smallest absolute Gasteiger partial charge is 0.545 e. The average Bonchev–Trinajstić information content (AvgIpc) is 2.56. The third kappa shape index (κ3) is 10.9. The van der Waals surface area contributed by atoms with Gasteiger partial charge in [-0.1, -0.05) is 24.3 Å². The molecule has 0 aliphatic heterocycles. The fraction of sp³-hybridized carbons (Fsp3) is 0.522. The number of carboxylic acids is 1. The molecule has 10 nitrogen and oxygen atoms in total. The zero-order chi connectivity index (χ0) is 25.8. The van der Waals surface area contributed by atoms with E-state index in [2.05, 4.69) is 4.99 Å². The minimum absolute atomic E-state index is 0. The van der Waals surface area contributed by atoms with Crippen LogP contribution in [0.5, 0.6) is 0 Å². The molecule has 0 saturated heterocycles. The van der Waals surface area contributed by atoms with Gasteiger partial charge >= 0.3 is 37.1 Å². The summed E-state index contributed by atoms with van der Waals surface area (Å²) in [5, 5.41) is 11.1. The number of aromatic carboxylic acids is 1. The Hall–Kier alpha value is -2.83. The molecule has 0 radical (unpaired) electrons. The number of ether oxygens (including phenoxy) is 3. The van der Waals surface area contributed by atoms with E-state index in [1.54, 1.807) is 62.3 Å². The number of amidine groups is 1. The number of imide groups is 1. The second-order valence-corrected chi connectivity index (χ2v) is 10.1. The number of amides is 3. The normalized spacial score (nSPS) is 12.2. The van der Waals surface area contributed by atoms with E-state index in [1.807, 2.05) is 0 Å². The Morgan fingerprint density at radius 3 is 1.38 bits per heavy atom. The van der Waals surface area contributed by atoms with Crippen molar-refractivity contribution in [1.82, 2.24) is 4.90 Å². The average molecular weight is 470 g/mol. The minimum Gasteiger partial charge on any atom is -0.545 e.